The van der Waals surface area contributed by atoms with E-state index >= 15 is 0 Å². The van der Waals surface area contributed by atoms with Crippen LogP contribution in [0.3, 0.4) is 0 Å². The van der Waals surface area contributed by atoms with E-state index < -0.39 is 11.7 Å². The third-order valence-electron chi connectivity index (χ3n) is 11.4. The number of rotatable bonds is 10. The lowest BCUT2D eigenvalue weighted by Crippen LogP contribution is -2.40. The summed E-state index contributed by atoms with van der Waals surface area (Å²) in [5, 5.41) is 3.96. The molecule has 10 nitrogen and oxygen atoms in total. The largest absolute Gasteiger partial charge is 0.444 e. The Morgan fingerprint density at radius 2 is 1.75 bits per heavy atom. The molecule has 0 radical (unpaired) electrons. The number of aromatic nitrogens is 4. The molecule has 2 aliphatic rings. The summed E-state index contributed by atoms with van der Waals surface area (Å²) in [6.45, 7) is 12.8. The first kappa shape index (κ1) is 38.6. The van der Waals surface area contributed by atoms with Crippen molar-refractivity contribution in [2.24, 2.45) is 0 Å². The van der Waals surface area contributed by atoms with Crippen molar-refractivity contribution in [2.45, 2.75) is 103 Å². The highest BCUT2D eigenvalue weighted by atomic mass is 35.5. The summed E-state index contributed by atoms with van der Waals surface area (Å²) in [6, 6.07) is 20.7. The van der Waals surface area contributed by atoms with Crippen molar-refractivity contribution in [3.8, 4) is 10.4 Å². The predicted octanol–water partition coefficient (Wildman–Crippen LogP) is 9.85. The number of benzene rings is 3. The number of piperidine rings is 1. The zero-order valence-electron chi connectivity index (χ0n) is 32.9. The topological polar surface area (TPSA) is 103 Å². The average Bonchev–Trinajstić information content (AvgIpc) is 3.92. The van der Waals surface area contributed by atoms with E-state index in [2.05, 4.69) is 66.4 Å². The maximum absolute atomic E-state index is 13.3. The molecule has 0 unspecified atom stereocenters. The highest BCUT2D eigenvalue weighted by Gasteiger charge is 2.28. The number of hydrogen-bond donors (Lipinski definition) is 1. The van der Waals surface area contributed by atoms with Gasteiger partial charge in [0.25, 0.3) is 5.56 Å². The van der Waals surface area contributed by atoms with E-state index in [4.69, 9.17) is 21.1 Å². The molecule has 294 valence electrons. The quantitative estimate of drug-likeness (QED) is 0.147. The van der Waals surface area contributed by atoms with Gasteiger partial charge in [-0.05, 0) is 120 Å². The number of aryl methyl sites for hydroxylation is 1. The second-order valence-corrected chi connectivity index (χ2v) is 17.8. The molecule has 0 bridgehead atoms. The van der Waals surface area contributed by atoms with Gasteiger partial charge >= 0.3 is 6.09 Å². The lowest BCUT2D eigenvalue weighted by Gasteiger charge is -2.34. The van der Waals surface area contributed by atoms with E-state index in [1.165, 1.54) is 18.4 Å². The maximum atomic E-state index is 13.3. The van der Waals surface area contributed by atoms with Crippen LogP contribution in [0.15, 0.2) is 71.0 Å². The minimum Gasteiger partial charge on any atom is -0.444 e. The van der Waals surface area contributed by atoms with Crippen LogP contribution in [-0.2, 0) is 9.47 Å². The van der Waals surface area contributed by atoms with Gasteiger partial charge in [-0.15, -0.1) is 11.3 Å². The Morgan fingerprint density at radius 3 is 2.45 bits per heavy atom. The molecule has 3 aromatic carbocycles. The van der Waals surface area contributed by atoms with E-state index in [9.17, 15) is 9.59 Å². The molecule has 1 saturated heterocycles. The highest BCUT2D eigenvalue weighted by molar-refractivity contribution is 7.13. The van der Waals surface area contributed by atoms with Crippen LogP contribution >= 0.6 is 22.9 Å². The van der Waals surface area contributed by atoms with Crippen LogP contribution in [0, 0.1) is 6.92 Å². The van der Waals surface area contributed by atoms with Crippen LogP contribution in [0.4, 0.5) is 4.79 Å². The van der Waals surface area contributed by atoms with Crippen molar-refractivity contribution in [1.82, 2.24) is 29.2 Å². The fraction of sp³-hybridized carbons (Fsp3) is 0.455. The fourth-order valence-electron chi connectivity index (χ4n) is 8.66. The molecular formula is C44H51ClN6O4S. The molecule has 8 rings (SSSR count). The fourth-order valence-corrected chi connectivity index (χ4v) is 9.73. The van der Waals surface area contributed by atoms with Gasteiger partial charge in [0.05, 0.1) is 61.8 Å². The van der Waals surface area contributed by atoms with Gasteiger partial charge in [0, 0.05) is 12.6 Å². The van der Waals surface area contributed by atoms with E-state index in [-0.39, 0.29) is 17.7 Å². The van der Waals surface area contributed by atoms with Crippen LogP contribution in [-0.4, -0.2) is 67.9 Å². The first-order valence-electron chi connectivity index (χ1n) is 19.9. The normalized spacial score (nSPS) is 17.2. The van der Waals surface area contributed by atoms with Gasteiger partial charge in [-0.1, -0.05) is 60.8 Å². The van der Waals surface area contributed by atoms with Gasteiger partial charge in [-0.3, -0.25) is 9.20 Å². The molecule has 4 heterocycles. The molecule has 1 amide bonds. The maximum Gasteiger partial charge on any atom is 0.408 e. The monoisotopic (exact) mass is 794 g/mol. The number of imidazole rings is 1. The Bertz CT molecular complexity index is 2420. The first-order valence-corrected chi connectivity index (χ1v) is 21.2. The lowest BCUT2D eigenvalue weighted by molar-refractivity contribution is 0.0136. The third-order valence-corrected chi connectivity index (χ3v) is 12.7. The predicted molar refractivity (Wildman–Crippen MR) is 225 cm³/mol. The van der Waals surface area contributed by atoms with Gasteiger partial charge in [-0.2, -0.15) is 4.98 Å². The summed E-state index contributed by atoms with van der Waals surface area (Å²) in [5.41, 5.74) is 8.39. The van der Waals surface area contributed by atoms with E-state index in [1.807, 2.05) is 57.5 Å². The number of hydrogen-bond acceptors (Lipinski definition) is 8. The van der Waals surface area contributed by atoms with Crippen LogP contribution < -0.4 is 10.9 Å². The summed E-state index contributed by atoms with van der Waals surface area (Å²) in [6.07, 6.45) is 6.13. The Kier molecular flexibility index (Phi) is 11.0. The molecule has 12 heteroatoms. The number of carbonyl (C=O) groups excluding carboxylic acids is 1. The standard InChI is InChI=1S/C44H51ClN6O4S/c1-27(54-25-35(47-43(53)55-44(3,4)5)30-13-15-31(16-14-30)40-28(2)46-26-56-40)24-49-21-19-29(20-22-49)32-17-18-36-38(23-32)50(33-9-6-7-10-33)42-48-41(52)39-34(45)11-8-12-37(39)51(36)42/h8,11-18,23,26-27,29,33,35H,6-7,9-10,19-22,24-25H2,1-5H3,(H,47,53)/t27-,35+/m1/s1. The van der Waals surface area contributed by atoms with Crippen LogP contribution in [0.5, 0.6) is 0 Å². The lowest BCUT2D eigenvalue weighted by atomic mass is 9.89. The number of likely N-dealkylation sites (tertiary alicyclic amines) is 1. The van der Waals surface area contributed by atoms with Gasteiger partial charge in [0.15, 0.2) is 0 Å². The highest BCUT2D eigenvalue weighted by Crippen LogP contribution is 2.38. The number of ether oxygens (including phenoxy) is 2. The second kappa shape index (κ2) is 15.9. The number of thiazole rings is 1. The van der Waals surface area contributed by atoms with Crippen molar-refractivity contribution in [3.05, 3.63) is 98.4 Å². The Balaban J connectivity index is 0.948. The SMILES string of the molecule is Cc1ncsc1-c1ccc([C@H](CO[C@H](C)CN2CCC(c3ccc4c(c3)n(C3CCCC3)c3nc(=O)c5c(Cl)cccc5n43)CC2)NC(=O)OC(C)(C)C)cc1. The zero-order valence-corrected chi connectivity index (χ0v) is 34.5. The number of fused-ring (bicyclic) bond motifs is 5. The second-order valence-electron chi connectivity index (χ2n) is 16.5. The minimum absolute atomic E-state index is 0.0363. The molecule has 3 aromatic heterocycles. The number of halogens is 1. The summed E-state index contributed by atoms with van der Waals surface area (Å²) in [5.74, 6) is 1.14. The average molecular weight is 795 g/mol. The summed E-state index contributed by atoms with van der Waals surface area (Å²) in [7, 11) is 0. The Hall–Kier alpha value is -4.29. The molecule has 0 spiro atoms. The first-order chi connectivity index (χ1) is 26.9. The molecule has 1 saturated carbocycles. The van der Waals surface area contributed by atoms with Crippen LogP contribution in [0.25, 0.3) is 38.2 Å². The third kappa shape index (κ3) is 7.96. The number of amides is 1. The molecule has 56 heavy (non-hydrogen) atoms. The Labute approximate surface area is 336 Å². The molecule has 6 aromatic rings. The van der Waals surface area contributed by atoms with Crippen molar-refractivity contribution in [3.63, 3.8) is 0 Å². The molecular weight excluding hydrogens is 744 g/mol. The number of carbonyl (C=O) groups is 1. The van der Waals surface area contributed by atoms with E-state index in [0.717, 1.165) is 83.6 Å². The Morgan fingerprint density at radius 1 is 1.00 bits per heavy atom. The smallest absolute Gasteiger partial charge is 0.408 e. The van der Waals surface area contributed by atoms with Gasteiger partial charge in [0.2, 0.25) is 5.78 Å². The van der Waals surface area contributed by atoms with Gasteiger partial charge in [0.1, 0.15) is 5.60 Å². The molecule has 1 aliphatic heterocycles. The zero-order chi connectivity index (χ0) is 39.1. The number of nitrogens with zero attached hydrogens (tertiary/aromatic N) is 5. The van der Waals surface area contributed by atoms with Crippen molar-refractivity contribution >= 4 is 56.7 Å². The molecule has 2 atom stereocenters. The number of alkyl carbamates (subject to hydrolysis) is 1. The number of nitrogens with one attached hydrogen (secondary N) is 1. The van der Waals surface area contributed by atoms with E-state index in [1.54, 1.807) is 17.4 Å². The van der Waals surface area contributed by atoms with Crippen molar-refractivity contribution in [2.75, 3.05) is 26.2 Å². The van der Waals surface area contributed by atoms with Crippen LogP contribution in [0.2, 0.25) is 5.02 Å². The molecule has 1 aliphatic carbocycles. The van der Waals surface area contributed by atoms with E-state index in [0.29, 0.717) is 34.8 Å². The molecule has 1 N–H and O–H groups in total. The minimum atomic E-state index is -0.607. The van der Waals surface area contributed by atoms with Crippen molar-refractivity contribution < 1.29 is 14.3 Å². The summed E-state index contributed by atoms with van der Waals surface area (Å²) in [4.78, 5) is 38.9. The van der Waals surface area contributed by atoms with Gasteiger partial charge < -0.3 is 24.3 Å². The van der Waals surface area contributed by atoms with Gasteiger partial charge in [-0.25, -0.2) is 9.78 Å². The summed E-state index contributed by atoms with van der Waals surface area (Å²) < 4.78 is 16.5. The van der Waals surface area contributed by atoms with Crippen LogP contribution in [0.1, 0.15) is 101 Å². The van der Waals surface area contributed by atoms with Crippen molar-refractivity contribution in [1.29, 1.82) is 0 Å². The summed E-state index contributed by atoms with van der Waals surface area (Å²) >= 11 is 8.16. The molecule has 2 fully saturated rings.